The van der Waals surface area contributed by atoms with Crippen LogP contribution in [0.5, 0.6) is 17.2 Å². The number of rotatable bonds is 10. The summed E-state index contributed by atoms with van der Waals surface area (Å²) in [5.41, 5.74) is 1.15. The Bertz CT molecular complexity index is 1360. The molecule has 5 unspecified atom stereocenters. The number of benzene rings is 2. The average molecular weight is 617 g/mol. The van der Waals surface area contributed by atoms with Crippen LogP contribution in [0.15, 0.2) is 42.5 Å². The molecule has 0 radical (unpaired) electrons. The Labute approximate surface area is 252 Å². The molecule has 1 fully saturated rings. The molecule has 0 spiro atoms. The summed E-state index contributed by atoms with van der Waals surface area (Å²) in [4.78, 5) is 70.5. The van der Waals surface area contributed by atoms with E-state index in [-0.39, 0.29) is 17.2 Å². The summed E-state index contributed by atoms with van der Waals surface area (Å²) in [6.45, 7) is 6.59. The van der Waals surface area contributed by atoms with Gasteiger partial charge in [-0.05, 0) is 35.4 Å². The lowest BCUT2D eigenvalue weighted by Crippen LogP contribution is -2.63. The first-order valence-electron chi connectivity index (χ1n) is 13.3. The van der Waals surface area contributed by atoms with Gasteiger partial charge in [-0.25, -0.2) is 0 Å². The Kier molecular flexibility index (Phi) is 11.4. The number of hydrogen-bond donors (Lipinski definition) is 0. The fourth-order valence-corrected chi connectivity index (χ4v) is 4.33. The van der Waals surface area contributed by atoms with E-state index in [0.29, 0.717) is 11.1 Å². The highest BCUT2D eigenvalue weighted by atomic mass is 16.7. The van der Waals surface area contributed by atoms with E-state index in [0.717, 1.165) is 20.8 Å². The lowest BCUT2D eigenvalue weighted by atomic mass is 9.98. The maximum atomic E-state index is 12.0. The number of carbonyl (C=O) groups excluding carboxylic acids is 6. The highest BCUT2D eigenvalue weighted by Gasteiger charge is 2.53. The number of carbonyl (C=O) groups is 6. The summed E-state index contributed by atoms with van der Waals surface area (Å²) in [6, 6.07) is 10.9. The SMILES string of the molecule is CC(=O)OCC1OC(Oc2ccc(-c3cc(OC(C)=O)cc(OC(C)=O)c3)cc2)C(OC(C)=O)C(OC(C)=O)C1OC(C)=O. The number of ether oxygens (including phenoxy) is 8. The Morgan fingerprint density at radius 1 is 0.568 bits per heavy atom. The smallest absolute Gasteiger partial charge is 0.308 e. The molecule has 0 aromatic heterocycles. The van der Waals surface area contributed by atoms with Crippen LogP contribution >= 0.6 is 0 Å². The van der Waals surface area contributed by atoms with E-state index in [1.807, 2.05) is 0 Å². The van der Waals surface area contributed by atoms with Crippen LogP contribution in [0.25, 0.3) is 11.1 Å². The van der Waals surface area contributed by atoms with Crippen LogP contribution in [0.3, 0.4) is 0 Å². The van der Waals surface area contributed by atoms with E-state index in [1.165, 1.54) is 26.8 Å². The minimum Gasteiger partial charge on any atom is -0.463 e. The summed E-state index contributed by atoms with van der Waals surface area (Å²) in [6.07, 6.45) is -6.70. The van der Waals surface area contributed by atoms with Crippen LogP contribution in [0, 0.1) is 0 Å². The van der Waals surface area contributed by atoms with Crippen LogP contribution in [-0.4, -0.2) is 73.1 Å². The van der Waals surface area contributed by atoms with Crippen molar-refractivity contribution < 1.29 is 66.7 Å². The molecular weight excluding hydrogens is 584 g/mol. The predicted molar refractivity (Wildman–Crippen MR) is 147 cm³/mol. The molecule has 3 rings (SSSR count). The van der Waals surface area contributed by atoms with Gasteiger partial charge in [-0.15, -0.1) is 0 Å². The Hall–Kier alpha value is -4.98. The van der Waals surface area contributed by atoms with Gasteiger partial charge in [0.05, 0.1) is 0 Å². The normalized spacial score (nSPS) is 20.8. The quantitative estimate of drug-likeness (QED) is 0.216. The van der Waals surface area contributed by atoms with Gasteiger partial charge in [0.25, 0.3) is 0 Å². The molecule has 5 atom stereocenters. The molecule has 14 nitrogen and oxygen atoms in total. The third-order valence-corrected chi connectivity index (χ3v) is 5.79. The monoisotopic (exact) mass is 616 g/mol. The van der Waals surface area contributed by atoms with Crippen molar-refractivity contribution >= 4 is 35.8 Å². The second-order valence-corrected chi connectivity index (χ2v) is 9.59. The first-order chi connectivity index (χ1) is 20.7. The molecule has 2 aromatic rings. The van der Waals surface area contributed by atoms with Gasteiger partial charge in [0, 0.05) is 47.6 Å². The van der Waals surface area contributed by atoms with Crippen molar-refractivity contribution in [2.75, 3.05) is 6.61 Å². The summed E-state index contributed by atoms with van der Waals surface area (Å²) in [5.74, 6) is -3.55. The zero-order valence-corrected chi connectivity index (χ0v) is 24.9. The molecular formula is C30H32O14. The molecule has 0 aliphatic carbocycles. The van der Waals surface area contributed by atoms with Gasteiger partial charge in [0.2, 0.25) is 12.4 Å². The fourth-order valence-electron chi connectivity index (χ4n) is 4.33. The van der Waals surface area contributed by atoms with Gasteiger partial charge in [-0.1, -0.05) is 12.1 Å². The van der Waals surface area contributed by atoms with Crippen LogP contribution in [-0.2, 0) is 52.5 Å². The lowest BCUT2D eigenvalue weighted by Gasteiger charge is -2.43. The van der Waals surface area contributed by atoms with E-state index < -0.39 is 73.1 Å². The second-order valence-electron chi connectivity index (χ2n) is 9.59. The topological polar surface area (TPSA) is 176 Å². The summed E-state index contributed by atoms with van der Waals surface area (Å²) >= 11 is 0. The lowest BCUT2D eigenvalue weighted by molar-refractivity contribution is -0.288. The second kappa shape index (κ2) is 15.0. The van der Waals surface area contributed by atoms with Crippen molar-refractivity contribution in [3.8, 4) is 28.4 Å². The highest BCUT2D eigenvalue weighted by molar-refractivity contribution is 5.75. The molecule has 1 aliphatic heterocycles. The molecule has 0 saturated carbocycles. The summed E-state index contributed by atoms with van der Waals surface area (Å²) < 4.78 is 43.5. The van der Waals surface area contributed by atoms with Crippen molar-refractivity contribution in [1.29, 1.82) is 0 Å². The molecule has 1 saturated heterocycles. The molecule has 1 aliphatic rings. The van der Waals surface area contributed by atoms with E-state index in [4.69, 9.17) is 37.9 Å². The number of esters is 6. The van der Waals surface area contributed by atoms with Crippen LogP contribution in [0.2, 0.25) is 0 Å². The molecule has 0 bridgehead atoms. The van der Waals surface area contributed by atoms with Crippen LogP contribution in [0.4, 0.5) is 0 Å². The predicted octanol–water partition coefficient (Wildman–Crippen LogP) is 2.67. The summed E-state index contributed by atoms with van der Waals surface area (Å²) in [7, 11) is 0. The minimum atomic E-state index is -1.41. The Morgan fingerprint density at radius 2 is 1.07 bits per heavy atom. The van der Waals surface area contributed by atoms with E-state index >= 15 is 0 Å². The Balaban J connectivity index is 1.96. The molecule has 236 valence electrons. The van der Waals surface area contributed by atoms with Gasteiger partial charge in [0.1, 0.15) is 30.0 Å². The molecule has 1 heterocycles. The van der Waals surface area contributed by atoms with Gasteiger partial charge in [-0.2, -0.15) is 0 Å². The van der Waals surface area contributed by atoms with Gasteiger partial charge in [-0.3, -0.25) is 28.8 Å². The third-order valence-electron chi connectivity index (χ3n) is 5.79. The van der Waals surface area contributed by atoms with Crippen molar-refractivity contribution in [2.24, 2.45) is 0 Å². The largest absolute Gasteiger partial charge is 0.463 e. The summed E-state index contributed by atoms with van der Waals surface area (Å²) in [5, 5.41) is 0. The van der Waals surface area contributed by atoms with Crippen molar-refractivity contribution in [3.63, 3.8) is 0 Å². The van der Waals surface area contributed by atoms with Crippen LogP contribution < -0.4 is 14.2 Å². The highest BCUT2D eigenvalue weighted by Crippen LogP contribution is 2.34. The first kappa shape index (κ1) is 33.5. The maximum Gasteiger partial charge on any atom is 0.308 e. The van der Waals surface area contributed by atoms with E-state index in [1.54, 1.807) is 36.4 Å². The maximum absolute atomic E-state index is 12.0. The van der Waals surface area contributed by atoms with Gasteiger partial charge >= 0.3 is 35.8 Å². The van der Waals surface area contributed by atoms with Gasteiger partial charge < -0.3 is 37.9 Å². The third kappa shape index (κ3) is 9.80. The van der Waals surface area contributed by atoms with E-state index in [9.17, 15) is 28.8 Å². The Morgan fingerprint density at radius 3 is 1.55 bits per heavy atom. The average Bonchev–Trinajstić information content (AvgIpc) is 2.89. The van der Waals surface area contributed by atoms with Crippen molar-refractivity contribution in [2.45, 2.75) is 72.2 Å². The van der Waals surface area contributed by atoms with E-state index in [2.05, 4.69) is 0 Å². The molecule has 0 amide bonds. The van der Waals surface area contributed by atoms with Crippen LogP contribution in [0.1, 0.15) is 41.5 Å². The minimum absolute atomic E-state index is 0.157. The number of hydrogen-bond acceptors (Lipinski definition) is 14. The van der Waals surface area contributed by atoms with Crippen molar-refractivity contribution in [3.05, 3.63) is 42.5 Å². The van der Waals surface area contributed by atoms with Gasteiger partial charge in [0.15, 0.2) is 12.2 Å². The first-order valence-corrected chi connectivity index (χ1v) is 13.3. The molecule has 2 aromatic carbocycles. The molecule has 44 heavy (non-hydrogen) atoms. The van der Waals surface area contributed by atoms with Crippen molar-refractivity contribution in [1.82, 2.24) is 0 Å². The molecule has 0 N–H and O–H groups in total. The fraction of sp³-hybridized carbons (Fsp3) is 0.400. The zero-order valence-electron chi connectivity index (χ0n) is 24.9. The standard InChI is InChI=1S/C30H32O14/c1-15(31)37-14-26-27(40-18(4)34)28(41-19(5)35)29(42-20(6)36)30(44-26)43-23-9-7-21(8-10-23)22-11-24(38-16(2)32)13-25(12-22)39-17(3)33/h7-13,26-30H,14H2,1-6H3. The molecule has 14 heteroatoms. The zero-order chi connectivity index (χ0) is 32.6.